The smallest absolute Gasteiger partial charge is 0.258 e. The maximum absolute atomic E-state index is 12.5. The zero-order valence-corrected chi connectivity index (χ0v) is 17.0. The Morgan fingerprint density at radius 3 is 2.62 bits per heavy atom. The molecule has 4 rings (SSSR count). The molecule has 1 aliphatic heterocycles. The summed E-state index contributed by atoms with van der Waals surface area (Å²) in [5, 5.41) is 7.83. The fourth-order valence-corrected chi connectivity index (χ4v) is 3.45. The van der Waals surface area contributed by atoms with Gasteiger partial charge >= 0.3 is 0 Å². The molecule has 0 bridgehead atoms. The van der Waals surface area contributed by atoms with Crippen molar-refractivity contribution >= 4 is 29.0 Å². The van der Waals surface area contributed by atoms with Gasteiger partial charge in [0.25, 0.3) is 5.91 Å². The average Bonchev–Trinajstić information content (AvgIpc) is 3.20. The molecule has 0 saturated carbocycles. The molecule has 1 aromatic carbocycles. The Bertz CT molecular complexity index is 979. The molecule has 29 heavy (non-hydrogen) atoms. The third kappa shape index (κ3) is 4.75. The molecule has 1 amide bonds. The number of piperazine rings is 1. The summed E-state index contributed by atoms with van der Waals surface area (Å²) in [7, 11) is 2.12. The van der Waals surface area contributed by atoms with E-state index in [2.05, 4.69) is 32.2 Å². The molecule has 8 heteroatoms. The number of rotatable bonds is 5. The first kappa shape index (κ1) is 19.4. The van der Waals surface area contributed by atoms with Gasteiger partial charge in [-0.3, -0.25) is 9.48 Å². The molecule has 150 valence electrons. The SMILES string of the molecule is CN1CCN(c2ccc(NC(=O)c3cnn(Cc4ccccc4Cl)c3)cn2)CC1. The quantitative estimate of drug-likeness (QED) is 0.700. The number of hydrogen-bond donors (Lipinski definition) is 1. The van der Waals surface area contributed by atoms with Crippen LogP contribution >= 0.6 is 11.6 Å². The number of benzene rings is 1. The zero-order valence-electron chi connectivity index (χ0n) is 16.3. The van der Waals surface area contributed by atoms with Crippen LogP contribution in [-0.4, -0.2) is 58.8 Å². The van der Waals surface area contributed by atoms with E-state index in [9.17, 15) is 4.79 Å². The van der Waals surface area contributed by atoms with Gasteiger partial charge in [-0.05, 0) is 30.8 Å². The summed E-state index contributed by atoms with van der Waals surface area (Å²) in [6.07, 6.45) is 4.96. The number of anilines is 2. The summed E-state index contributed by atoms with van der Waals surface area (Å²) in [4.78, 5) is 21.6. The first-order chi connectivity index (χ1) is 14.1. The van der Waals surface area contributed by atoms with Gasteiger partial charge in [0.15, 0.2) is 0 Å². The van der Waals surface area contributed by atoms with Crippen LogP contribution in [0.3, 0.4) is 0 Å². The van der Waals surface area contributed by atoms with Gasteiger partial charge in [0.1, 0.15) is 5.82 Å². The van der Waals surface area contributed by atoms with Gasteiger partial charge in [-0.25, -0.2) is 4.98 Å². The Labute approximate surface area is 174 Å². The summed E-state index contributed by atoms with van der Waals surface area (Å²) in [6, 6.07) is 11.4. The number of amides is 1. The van der Waals surface area contributed by atoms with Gasteiger partial charge in [0, 0.05) is 37.4 Å². The maximum Gasteiger partial charge on any atom is 0.258 e. The fraction of sp³-hybridized carbons (Fsp3) is 0.286. The van der Waals surface area contributed by atoms with Crippen molar-refractivity contribution in [1.82, 2.24) is 19.7 Å². The normalized spacial score (nSPS) is 14.8. The molecule has 0 radical (unpaired) electrons. The molecule has 1 fully saturated rings. The monoisotopic (exact) mass is 410 g/mol. The fourth-order valence-electron chi connectivity index (χ4n) is 3.25. The number of hydrogen-bond acceptors (Lipinski definition) is 5. The number of pyridine rings is 1. The lowest BCUT2D eigenvalue weighted by atomic mass is 10.2. The molecule has 1 N–H and O–H groups in total. The predicted octanol–water partition coefficient (Wildman–Crippen LogP) is 2.98. The minimum absolute atomic E-state index is 0.218. The van der Waals surface area contributed by atoms with Gasteiger partial charge in [-0.15, -0.1) is 0 Å². The van der Waals surface area contributed by atoms with E-state index in [1.165, 1.54) is 0 Å². The van der Waals surface area contributed by atoms with Crippen LogP contribution in [-0.2, 0) is 6.54 Å². The average molecular weight is 411 g/mol. The van der Waals surface area contributed by atoms with Crippen molar-refractivity contribution in [3.63, 3.8) is 0 Å². The lowest BCUT2D eigenvalue weighted by molar-refractivity contribution is 0.102. The number of likely N-dealkylation sites (N-methyl/N-ethyl adjacent to an activating group) is 1. The summed E-state index contributed by atoms with van der Waals surface area (Å²) in [5.74, 6) is 0.716. The molecule has 1 aliphatic rings. The van der Waals surface area contributed by atoms with Crippen LogP contribution in [0.2, 0.25) is 5.02 Å². The summed E-state index contributed by atoms with van der Waals surface area (Å²) in [6.45, 7) is 4.48. The molecule has 0 spiro atoms. The summed E-state index contributed by atoms with van der Waals surface area (Å²) in [5.41, 5.74) is 2.10. The number of carbonyl (C=O) groups is 1. The van der Waals surface area contributed by atoms with Crippen molar-refractivity contribution < 1.29 is 4.79 Å². The second-order valence-corrected chi connectivity index (χ2v) is 7.57. The van der Waals surface area contributed by atoms with Crippen LogP contribution in [0.15, 0.2) is 55.0 Å². The summed E-state index contributed by atoms with van der Waals surface area (Å²) >= 11 is 6.19. The Hall–Kier alpha value is -2.90. The van der Waals surface area contributed by atoms with Crippen molar-refractivity contribution in [2.75, 3.05) is 43.4 Å². The molecular formula is C21H23ClN6O. The van der Waals surface area contributed by atoms with Crippen molar-refractivity contribution in [2.45, 2.75) is 6.54 Å². The highest BCUT2D eigenvalue weighted by Gasteiger charge is 2.15. The van der Waals surface area contributed by atoms with E-state index in [4.69, 9.17) is 11.6 Å². The number of nitrogens with one attached hydrogen (secondary N) is 1. The molecule has 3 aromatic rings. The Kier molecular flexibility index (Phi) is 5.78. The van der Waals surface area contributed by atoms with Crippen LogP contribution in [0.4, 0.5) is 11.5 Å². The number of aromatic nitrogens is 3. The van der Waals surface area contributed by atoms with E-state index in [0.29, 0.717) is 22.8 Å². The first-order valence-electron chi connectivity index (χ1n) is 9.55. The molecule has 3 heterocycles. The second-order valence-electron chi connectivity index (χ2n) is 7.17. The lowest BCUT2D eigenvalue weighted by Gasteiger charge is -2.33. The van der Waals surface area contributed by atoms with Crippen LogP contribution in [0.5, 0.6) is 0 Å². The summed E-state index contributed by atoms with van der Waals surface area (Å²) < 4.78 is 1.70. The number of carbonyl (C=O) groups excluding carboxylic acids is 1. The van der Waals surface area contributed by atoms with E-state index < -0.39 is 0 Å². The van der Waals surface area contributed by atoms with Crippen molar-refractivity contribution in [2.24, 2.45) is 0 Å². The van der Waals surface area contributed by atoms with E-state index in [0.717, 1.165) is 37.6 Å². The highest BCUT2D eigenvalue weighted by molar-refractivity contribution is 6.31. The van der Waals surface area contributed by atoms with E-state index in [1.54, 1.807) is 23.3 Å². The van der Waals surface area contributed by atoms with Gasteiger partial charge in [-0.2, -0.15) is 5.10 Å². The molecule has 0 atom stereocenters. The van der Waals surface area contributed by atoms with Crippen LogP contribution in [0, 0.1) is 0 Å². The Morgan fingerprint density at radius 2 is 1.90 bits per heavy atom. The van der Waals surface area contributed by atoms with Crippen molar-refractivity contribution in [3.8, 4) is 0 Å². The van der Waals surface area contributed by atoms with Crippen LogP contribution in [0.25, 0.3) is 0 Å². The predicted molar refractivity (Wildman–Crippen MR) is 115 cm³/mol. The lowest BCUT2D eigenvalue weighted by Crippen LogP contribution is -2.44. The van der Waals surface area contributed by atoms with Gasteiger partial charge in [-0.1, -0.05) is 29.8 Å². The highest BCUT2D eigenvalue weighted by Crippen LogP contribution is 2.18. The van der Waals surface area contributed by atoms with Crippen molar-refractivity contribution in [1.29, 1.82) is 0 Å². The Morgan fingerprint density at radius 1 is 1.10 bits per heavy atom. The van der Waals surface area contributed by atoms with Gasteiger partial charge < -0.3 is 15.1 Å². The number of halogens is 1. The molecule has 1 saturated heterocycles. The maximum atomic E-state index is 12.5. The zero-order chi connectivity index (χ0) is 20.2. The van der Waals surface area contributed by atoms with Crippen molar-refractivity contribution in [3.05, 3.63) is 71.1 Å². The third-order valence-electron chi connectivity index (χ3n) is 5.02. The topological polar surface area (TPSA) is 66.3 Å². The molecule has 2 aromatic heterocycles. The van der Waals surface area contributed by atoms with E-state index >= 15 is 0 Å². The minimum atomic E-state index is -0.218. The number of nitrogens with zero attached hydrogens (tertiary/aromatic N) is 5. The minimum Gasteiger partial charge on any atom is -0.354 e. The molecular weight excluding hydrogens is 388 g/mol. The Balaban J connectivity index is 1.37. The largest absolute Gasteiger partial charge is 0.354 e. The highest BCUT2D eigenvalue weighted by atomic mass is 35.5. The molecule has 0 aliphatic carbocycles. The molecule has 7 nitrogen and oxygen atoms in total. The second kappa shape index (κ2) is 8.63. The van der Waals surface area contributed by atoms with E-state index in [1.807, 2.05) is 36.4 Å². The van der Waals surface area contributed by atoms with Crippen LogP contribution in [0.1, 0.15) is 15.9 Å². The van der Waals surface area contributed by atoms with Gasteiger partial charge in [0.05, 0.1) is 30.2 Å². The molecule has 0 unspecified atom stereocenters. The van der Waals surface area contributed by atoms with Gasteiger partial charge in [0.2, 0.25) is 0 Å². The standard InChI is InChI=1S/C21H23ClN6O/c1-26-8-10-27(11-9-26)20-7-6-18(13-23-20)25-21(29)17-12-24-28(15-17)14-16-4-2-3-5-19(16)22/h2-7,12-13,15H,8-11,14H2,1H3,(H,25,29). The first-order valence-corrected chi connectivity index (χ1v) is 9.93. The van der Waals surface area contributed by atoms with Crippen LogP contribution < -0.4 is 10.2 Å². The van der Waals surface area contributed by atoms with E-state index in [-0.39, 0.29) is 5.91 Å². The third-order valence-corrected chi connectivity index (χ3v) is 5.39.